The highest BCUT2D eigenvalue weighted by Gasteiger charge is 2.34. The molecule has 0 aliphatic heterocycles. The summed E-state index contributed by atoms with van der Waals surface area (Å²) < 4.78 is 0. The zero-order chi connectivity index (χ0) is 13.1. The average molecular weight is 250 g/mol. The largest absolute Gasteiger partial charge is 0.375 e. The lowest BCUT2D eigenvalue weighted by Gasteiger charge is -2.28. The third kappa shape index (κ3) is 1.94. The Bertz CT molecular complexity index is 594. The van der Waals surface area contributed by atoms with Crippen LogP contribution in [0.25, 0.3) is 0 Å². The van der Waals surface area contributed by atoms with E-state index in [9.17, 15) is 5.11 Å². The minimum Gasteiger partial charge on any atom is -0.375 e. The van der Waals surface area contributed by atoms with E-state index in [2.05, 4.69) is 9.97 Å². The van der Waals surface area contributed by atoms with Crippen molar-refractivity contribution in [2.45, 2.75) is 5.60 Å². The summed E-state index contributed by atoms with van der Waals surface area (Å²) in [5.41, 5.74) is 1.16. The summed E-state index contributed by atoms with van der Waals surface area (Å²) in [4.78, 5) is 7.12. The molecule has 3 aromatic rings. The van der Waals surface area contributed by atoms with E-state index in [0.717, 1.165) is 16.8 Å². The maximum atomic E-state index is 11.3. The molecule has 0 amide bonds. The van der Waals surface area contributed by atoms with Crippen LogP contribution in [0.5, 0.6) is 0 Å². The molecule has 0 saturated heterocycles. The van der Waals surface area contributed by atoms with E-state index in [1.165, 1.54) is 0 Å². The molecule has 2 heterocycles. The highest BCUT2D eigenvalue weighted by atomic mass is 16.3. The second-order valence-corrected chi connectivity index (χ2v) is 4.40. The van der Waals surface area contributed by atoms with Gasteiger partial charge in [-0.15, -0.1) is 0 Å². The van der Waals surface area contributed by atoms with Crippen LogP contribution in [0.15, 0.2) is 73.2 Å². The maximum Gasteiger partial charge on any atom is 0.155 e. The number of pyridine rings is 1. The van der Waals surface area contributed by atoms with Crippen LogP contribution in [-0.2, 0) is 5.60 Å². The van der Waals surface area contributed by atoms with Crippen LogP contribution in [0.3, 0.4) is 0 Å². The summed E-state index contributed by atoms with van der Waals surface area (Å²) in [6, 6.07) is 17.0. The Balaban J connectivity index is 2.23. The maximum absolute atomic E-state index is 11.3. The van der Waals surface area contributed by atoms with Gasteiger partial charge in [0.25, 0.3) is 0 Å². The molecule has 0 bridgehead atoms. The fraction of sp³-hybridized carbons (Fsp3) is 0.0625. The van der Waals surface area contributed by atoms with Crippen molar-refractivity contribution >= 4 is 0 Å². The van der Waals surface area contributed by atoms with Crippen LogP contribution >= 0.6 is 0 Å². The van der Waals surface area contributed by atoms with E-state index in [0.29, 0.717) is 0 Å². The smallest absolute Gasteiger partial charge is 0.155 e. The Labute approximate surface area is 111 Å². The highest BCUT2D eigenvalue weighted by molar-refractivity contribution is 5.43. The van der Waals surface area contributed by atoms with Crippen LogP contribution < -0.4 is 0 Å². The monoisotopic (exact) mass is 250 g/mol. The van der Waals surface area contributed by atoms with E-state index in [1.54, 1.807) is 12.4 Å². The quantitative estimate of drug-likeness (QED) is 0.751. The number of hydrogen-bond donors (Lipinski definition) is 2. The molecule has 0 fully saturated rings. The first-order valence-corrected chi connectivity index (χ1v) is 6.14. The first-order valence-electron chi connectivity index (χ1n) is 6.14. The van der Waals surface area contributed by atoms with Crippen LogP contribution in [0, 0.1) is 0 Å². The van der Waals surface area contributed by atoms with Crippen LogP contribution in [0.2, 0.25) is 0 Å². The molecule has 0 aliphatic rings. The van der Waals surface area contributed by atoms with E-state index in [1.807, 2.05) is 60.8 Å². The average Bonchev–Trinajstić information content (AvgIpc) is 3.03. The number of aliphatic hydroxyl groups is 1. The summed E-state index contributed by atoms with van der Waals surface area (Å²) in [7, 11) is 0. The lowest BCUT2D eigenvalue weighted by molar-refractivity contribution is 0.121. The number of nitrogens with one attached hydrogen (secondary N) is 1. The van der Waals surface area contributed by atoms with Gasteiger partial charge in [0.1, 0.15) is 0 Å². The molecule has 3 heteroatoms. The Morgan fingerprint density at radius 2 is 1.53 bits per heavy atom. The molecule has 0 saturated carbocycles. The molecular formula is C16H14N2O. The summed E-state index contributed by atoms with van der Waals surface area (Å²) >= 11 is 0. The van der Waals surface area contributed by atoms with Crippen molar-refractivity contribution in [3.63, 3.8) is 0 Å². The highest BCUT2D eigenvalue weighted by Crippen LogP contribution is 2.35. The van der Waals surface area contributed by atoms with Gasteiger partial charge < -0.3 is 10.1 Å². The van der Waals surface area contributed by atoms with Crippen molar-refractivity contribution in [3.05, 3.63) is 90.0 Å². The molecule has 1 atom stereocenters. The minimum absolute atomic E-state index is 0.741. The first kappa shape index (κ1) is 11.7. The molecule has 3 rings (SSSR count). The lowest BCUT2D eigenvalue weighted by atomic mass is 9.84. The topological polar surface area (TPSA) is 48.9 Å². The second-order valence-electron chi connectivity index (χ2n) is 4.40. The van der Waals surface area contributed by atoms with Gasteiger partial charge in [0.2, 0.25) is 0 Å². The fourth-order valence-electron chi connectivity index (χ4n) is 2.31. The zero-order valence-electron chi connectivity index (χ0n) is 10.3. The van der Waals surface area contributed by atoms with E-state index in [-0.39, 0.29) is 0 Å². The predicted octanol–water partition coefficient (Wildman–Crippen LogP) is 2.69. The van der Waals surface area contributed by atoms with Crippen molar-refractivity contribution in [1.82, 2.24) is 9.97 Å². The summed E-state index contributed by atoms with van der Waals surface area (Å²) in [6.07, 6.45) is 5.18. The number of H-pyrrole nitrogens is 1. The van der Waals surface area contributed by atoms with E-state index < -0.39 is 5.60 Å². The van der Waals surface area contributed by atoms with Gasteiger partial charge in [0.05, 0.1) is 5.69 Å². The molecule has 0 aliphatic carbocycles. The number of aromatic amines is 1. The SMILES string of the molecule is OC(c1ccccc1)(c1ccncc1)c1ccc[nH]1. The lowest BCUT2D eigenvalue weighted by Crippen LogP contribution is -2.29. The first-order chi connectivity index (χ1) is 9.32. The van der Waals surface area contributed by atoms with Crippen molar-refractivity contribution in [3.8, 4) is 0 Å². The van der Waals surface area contributed by atoms with Crippen LogP contribution in [-0.4, -0.2) is 15.1 Å². The Morgan fingerprint density at radius 3 is 2.16 bits per heavy atom. The van der Waals surface area contributed by atoms with Gasteiger partial charge in [-0.3, -0.25) is 4.98 Å². The summed E-state index contributed by atoms with van der Waals surface area (Å²) in [6.45, 7) is 0. The molecule has 2 aromatic heterocycles. The molecule has 1 aromatic carbocycles. The Hall–Kier alpha value is -2.39. The van der Waals surface area contributed by atoms with Crippen molar-refractivity contribution < 1.29 is 5.11 Å². The third-order valence-electron chi connectivity index (χ3n) is 3.28. The zero-order valence-corrected chi connectivity index (χ0v) is 10.3. The molecular weight excluding hydrogens is 236 g/mol. The van der Waals surface area contributed by atoms with Crippen molar-refractivity contribution in [1.29, 1.82) is 0 Å². The molecule has 94 valence electrons. The third-order valence-corrected chi connectivity index (χ3v) is 3.28. The van der Waals surface area contributed by atoms with Gasteiger partial charge in [0, 0.05) is 18.6 Å². The number of aromatic nitrogens is 2. The van der Waals surface area contributed by atoms with Crippen molar-refractivity contribution in [2.75, 3.05) is 0 Å². The van der Waals surface area contributed by atoms with Crippen LogP contribution in [0.4, 0.5) is 0 Å². The molecule has 3 nitrogen and oxygen atoms in total. The number of benzene rings is 1. The minimum atomic E-state index is -1.19. The summed E-state index contributed by atoms with van der Waals surface area (Å²) in [5.74, 6) is 0. The van der Waals surface area contributed by atoms with Gasteiger partial charge in [-0.1, -0.05) is 30.3 Å². The van der Waals surface area contributed by atoms with Gasteiger partial charge >= 0.3 is 0 Å². The molecule has 0 radical (unpaired) electrons. The van der Waals surface area contributed by atoms with Gasteiger partial charge in [-0.05, 0) is 35.4 Å². The standard InChI is InChI=1S/C16H14N2O/c19-16(15-7-4-10-18-15,13-5-2-1-3-6-13)14-8-11-17-12-9-14/h1-12,18-19H. The van der Waals surface area contributed by atoms with Gasteiger partial charge in [0.15, 0.2) is 5.60 Å². The number of hydrogen-bond acceptors (Lipinski definition) is 2. The van der Waals surface area contributed by atoms with E-state index in [4.69, 9.17) is 0 Å². The Morgan fingerprint density at radius 1 is 0.842 bits per heavy atom. The normalized spacial score (nSPS) is 13.9. The van der Waals surface area contributed by atoms with Gasteiger partial charge in [-0.2, -0.15) is 0 Å². The van der Waals surface area contributed by atoms with Crippen molar-refractivity contribution in [2.24, 2.45) is 0 Å². The second kappa shape index (κ2) is 4.71. The molecule has 2 N–H and O–H groups in total. The molecule has 1 unspecified atom stereocenters. The molecule has 19 heavy (non-hydrogen) atoms. The number of nitrogens with zero attached hydrogens (tertiary/aromatic N) is 1. The van der Waals surface area contributed by atoms with Crippen LogP contribution in [0.1, 0.15) is 16.8 Å². The number of rotatable bonds is 3. The van der Waals surface area contributed by atoms with Gasteiger partial charge in [-0.25, -0.2) is 0 Å². The Kier molecular flexibility index (Phi) is 2.89. The molecule has 0 spiro atoms. The van der Waals surface area contributed by atoms with E-state index >= 15 is 0 Å². The summed E-state index contributed by atoms with van der Waals surface area (Å²) in [5, 5.41) is 11.3. The fourth-order valence-corrected chi connectivity index (χ4v) is 2.31. The predicted molar refractivity (Wildman–Crippen MR) is 73.6 cm³/mol.